The largest absolute Gasteiger partial charge is 0.482 e. The number of anilines is 2. The third kappa shape index (κ3) is 6.15. The smallest absolute Gasteiger partial charge is 0.335 e. The van der Waals surface area contributed by atoms with Gasteiger partial charge in [0.15, 0.2) is 6.61 Å². The van der Waals surface area contributed by atoms with Gasteiger partial charge < -0.3 is 10.1 Å². The molecule has 3 aromatic carbocycles. The Morgan fingerprint density at radius 3 is 2.42 bits per heavy atom. The van der Waals surface area contributed by atoms with Crippen molar-refractivity contribution < 1.29 is 23.9 Å². The van der Waals surface area contributed by atoms with Crippen molar-refractivity contribution in [2.45, 2.75) is 13.8 Å². The van der Waals surface area contributed by atoms with Gasteiger partial charge in [-0.25, -0.2) is 9.69 Å². The molecule has 38 heavy (non-hydrogen) atoms. The lowest BCUT2D eigenvalue weighted by Crippen LogP contribution is -2.54. The van der Waals surface area contributed by atoms with Gasteiger partial charge in [-0.1, -0.05) is 33.6 Å². The van der Waals surface area contributed by atoms with E-state index in [1.165, 1.54) is 30.3 Å². The standard InChI is InChI=1S/C27H20Br2ClN3O5/c1-14-3-6-19(9-15(14)2)31-23(34)13-38-24-16(10-17(28)12-22(24)29)11-21-25(35)32-27(37)33(26(21)36)20-7-4-18(30)5-8-20/h3-12H,13H2,1-2H3,(H,31,34)(H,32,35,37)/b21-11-. The van der Waals surface area contributed by atoms with Crippen molar-refractivity contribution in [3.8, 4) is 5.75 Å². The van der Waals surface area contributed by atoms with Crippen LogP contribution in [0.1, 0.15) is 16.7 Å². The van der Waals surface area contributed by atoms with Crippen molar-refractivity contribution in [2.75, 3.05) is 16.8 Å². The maximum Gasteiger partial charge on any atom is 0.335 e. The van der Waals surface area contributed by atoms with Gasteiger partial charge in [-0.15, -0.1) is 0 Å². The van der Waals surface area contributed by atoms with Crippen molar-refractivity contribution in [1.82, 2.24) is 5.32 Å². The van der Waals surface area contributed by atoms with Gasteiger partial charge in [0.2, 0.25) is 0 Å². The SMILES string of the molecule is Cc1ccc(NC(=O)COc2c(Br)cc(Br)cc2/C=C2/C(=O)NC(=O)N(c3ccc(Cl)cc3)C2=O)cc1C. The van der Waals surface area contributed by atoms with Crippen molar-refractivity contribution in [3.63, 3.8) is 0 Å². The summed E-state index contributed by atoms with van der Waals surface area (Å²) in [6.07, 6.45) is 1.30. The number of imide groups is 2. The van der Waals surface area contributed by atoms with Gasteiger partial charge >= 0.3 is 6.03 Å². The highest BCUT2D eigenvalue weighted by atomic mass is 79.9. The van der Waals surface area contributed by atoms with E-state index in [1.807, 2.05) is 26.0 Å². The average Bonchev–Trinajstić information content (AvgIpc) is 2.84. The molecular weight excluding hydrogens is 642 g/mol. The first-order valence-electron chi connectivity index (χ1n) is 11.2. The molecule has 194 valence electrons. The van der Waals surface area contributed by atoms with Crippen LogP contribution in [0.5, 0.6) is 5.75 Å². The number of rotatable bonds is 6. The predicted molar refractivity (Wildman–Crippen MR) is 152 cm³/mol. The van der Waals surface area contributed by atoms with E-state index in [4.69, 9.17) is 16.3 Å². The lowest BCUT2D eigenvalue weighted by molar-refractivity contribution is -0.122. The highest BCUT2D eigenvalue weighted by Crippen LogP contribution is 2.35. The molecule has 1 saturated heterocycles. The minimum Gasteiger partial charge on any atom is -0.482 e. The molecular formula is C27H20Br2ClN3O5. The quantitative estimate of drug-likeness (QED) is 0.243. The summed E-state index contributed by atoms with van der Waals surface area (Å²) in [5.41, 5.74) is 3.05. The van der Waals surface area contributed by atoms with E-state index < -0.39 is 23.8 Å². The molecule has 11 heteroatoms. The van der Waals surface area contributed by atoms with Gasteiger partial charge in [-0.3, -0.25) is 19.7 Å². The Labute approximate surface area is 240 Å². The molecule has 4 rings (SSSR count). The fourth-order valence-electron chi connectivity index (χ4n) is 3.63. The third-order valence-electron chi connectivity index (χ3n) is 5.66. The number of halogens is 3. The van der Waals surface area contributed by atoms with E-state index in [-0.39, 0.29) is 23.6 Å². The van der Waals surface area contributed by atoms with Gasteiger partial charge in [0.05, 0.1) is 10.2 Å². The highest BCUT2D eigenvalue weighted by Gasteiger charge is 2.37. The van der Waals surface area contributed by atoms with E-state index in [1.54, 1.807) is 18.2 Å². The fraction of sp³-hybridized carbons (Fsp3) is 0.111. The summed E-state index contributed by atoms with van der Waals surface area (Å²) in [6, 6.07) is 14.0. The molecule has 1 heterocycles. The molecule has 0 spiro atoms. The molecule has 1 aliphatic heterocycles. The van der Waals surface area contributed by atoms with Crippen molar-refractivity contribution in [2.24, 2.45) is 0 Å². The molecule has 0 aromatic heterocycles. The normalized spacial score (nSPS) is 14.5. The lowest BCUT2D eigenvalue weighted by Gasteiger charge is -2.26. The maximum absolute atomic E-state index is 13.3. The topological polar surface area (TPSA) is 105 Å². The lowest BCUT2D eigenvalue weighted by atomic mass is 10.1. The van der Waals surface area contributed by atoms with Crippen LogP contribution in [-0.2, 0) is 14.4 Å². The van der Waals surface area contributed by atoms with Crippen LogP contribution in [0.4, 0.5) is 16.2 Å². The van der Waals surface area contributed by atoms with E-state index in [0.29, 0.717) is 25.2 Å². The molecule has 1 aliphatic rings. The Morgan fingerprint density at radius 2 is 1.74 bits per heavy atom. The van der Waals surface area contributed by atoms with Crippen LogP contribution >= 0.6 is 43.5 Å². The zero-order valence-electron chi connectivity index (χ0n) is 20.1. The number of barbiturate groups is 1. The monoisotopic (exact) mass is 659 g/mol. The van der Waals surface area contributed by atoms with E-state index in [9.17, 15) is 19.2 Å². The molecule has 0 radical (unpaired) electrons. The zero-order valence-corrected chi connectivity index (χ0v) is 24.0. The Kier molecular flexibility index (Phi) is 8.35. The van der Waals surface area contributed by atoms with Gasteiger partial charge in [0.1, 0.15) is 11.3 Å². The van der Waals surface area contributed by atoms with Crippen LogP contribution in [0, 0.1) is 13.8 Å². The molecule has 5 amide bonds. The number of aryl methyl sites for hydroxylation is 2. The summed E-state index contributed by atoms with van der Waals surface area (Å²) in [5.74, 6) is -1.85. The first-order chi connectivity index (χ1) is 18.0. The van der Waals surface area contributed by atoms with Crippen molar-refractivity contribution in [1.29, 1.82) is 0 Å². The summed E-state index contributed by atoms with van der Waals surface area (Å²) in [7, 11) is 0. The number of carbonyl (C=O) groups excluding carboxylic acids is 4. The number of hydrogen-bond donors (Lipinski definition) is 2. The van der Waals surface area contributed by atoms with Crippen molar-refractivity contribution >= 4 is 84.7 Å². The predicted octanol–water partition coefficient (Wildman–Crippen LogP) is 6.17. The second-order valence-electron chi connectivity index (χ2n) is 8.38. The van der Waals surface area contributed by atoms with Crippen LogP contribution in [0.15, 0.2) is 69.1 Å². The molecule has 2 N–H and O–H groups in total. The number of urea groups is 1. The highest BCUT2D eigenvalue weighted by molar-refractivity contribution is 9.11. The number of benzene rings is 3. The Bertz CT molecular complexity index is 1510. The number of hydrogen-bond acceptors (Lipinski definition) is 5. The van der Waals surface area contributed by atoms with E-state index >= 15 is 0 Å². The Hall–Kier alpha value is -3.47. The second-order valence-corrected chi connectivity index (χ2v) is 10.6. The molecule has 0 unspecified atom stereocenters. The molecule has 8 nitrogen and oxygen atoms in total. The van der Waals surface area contributed by atoms with Gasteiger partial charge in [-0.05, 0) is 95.5 Å². The Balaban J connectivity index is 1.61. The summed E-state index contributed by atoms with van der Waals surface area (Å²) in [5, 5.41) is 5.38. The Morgan fingerprint density at radius 1 is 1.03 bits per heavy atom. The zero-order chi connectivity index (χ0) is 27.6. The van der Waals surface area contributed by atoms with Gasteiger partial charge in [0, 0.05) is 20.7 Å². The average molecular weight is 662 g/mol. The van der Waals surface area contributed by atoms with Gasteiger partial charge in [-0.2, -0.15) is 0 Å². The molecule has 0 saturated carbocycles. The maximum atomic E-state index is 13.3. The summed E-state index contributed by atoms with van der Waals surface area (Å²) in [4.78, 5) is 51.8. The molecule has 0 aliphatic carbocycles. The first kappa shape index (κ1) is 27.6. The third-order valence-corrected chi connectivity index (χ3v) is 6.96. The summed E-state index contributed by atoms with van der Waals surface area (Å²) >= 11 is 12.7. The van der Waals surface area contributed by atoms with Crippen LogP contribution in [-0.4, -0.2) is 30.4 Å². The van der Waals surface area contributed by atoms with Crippen LogP contribution in [0.3, 0.4) is 0 Å². The number of carbonyl (C=O) groups is 4. The number of nitrogens with one attached hydrogen (secondary N) is 2. The first-order valence-corrected chi connectivity index (χ1v) is 13.2. The second kappa shape index (κ2) is 11.5. The minimum absolute atomic E-state index is 0.228. The summed E-state index contributed by atoms with van der Waals surface area (Å²) < 4.78 is 6.91. The molecule has 0 atom stereocenters. The fourth-order valence-corrected chi connectivity index (χ4v) is 5.13. The number of ether oxygens (including phenoxy) is 1. The van der Waals surface area contributed by atoms with Crippen LogP contribution < -0.4 is 20.3 Å². The summed E-state index contributed by atoms with van der Waals surface area (Å²) in [6.45, 7) is 3.59. The molecule has 1 fully saturated rings. The minimum atomic E-state index is -0.880. The van der Waals surface area contributed by atoms with Crippen molar-refractivity contribution in [3.05, 3.63) is 90.8 Å². The van der Waals surface area contributed by atoms with E-state index in [2.05, 4.69) is 42.5 Å². The van der Waals surface area contributed by atoms with Crippen LogP contribution in [0.2, 0.25) is 5.02 Å². The number of amides is 5. The van der Waals surface area contributed by atoms with Crippen LogP contribution in [0.25, 0.3) is 6.08 Å². The van der Waals surface area contributed by atoms with Gasteiger partial charge in [0.25, 0.3) is 17.7 Å². The molecule has 0 bridgehead atoms. The number of nitrogens with zero attached hydrogens (tertiary/aromatic N) is 1. The molecule has 3 aromatic rings. The van der Waals surface area contributed by atoms with E-state index in [0.717, 1.165) is 16.0 Å².